The molecule has 20 heavy (non-hydrogen) atoms. The molecule has 0 saturated carbocycles. The number of pyridine rings is 1. The number of methoxy groups -OCH3 is 1. The summed E-state index contributed by atoms with van der Waals surface area (Å²) in [7, 11) is 3.44. The van der Waals surface area contributed by atoms with Crippen molar-refractivity contribution >= 4 is 27.8 Å². The number of ether oxygens (including phenoxy) is 1. The van der Waals surface area contributed by atoms with Crippen LogP contribution < -0.4 is 14.4 Å². The molecule has 0 N–H and O–H groups in total. The summed E-state index contributed by atoms with van der Waals surface area (Å²) in [5.41, 5.74) is 1.81. The molecule has 0 radical (unpaired) electrons. The van der Waals surface area contributed by atoms with E-state index in [9.17, 15) is 9.90 Å². The lowest BCUT2D eigenvalue weighted by Crippen LogP contribution is -2.33. The van der Waals surface area contributed by atoms with Crippen LogP contribution >= 0.6 is 0 Å². The molecule has 1 aromatic heterocycles. The van der Waals surface area contributed by atoms with Gasteiger partial charge in [0.25, 0.3) is 0 Å². The molecule has 0 aliphatic heterocycles. The van der Waals surface area contributed by atoms with E-state index in [4.69, 9.17) is 4.74 Å². The fraction of sp³-hybridized carbons (Fsp3) is 0.125. The first kappa shape index (κ1) is 12.4. The zero-order valence-electron chi connectivity index (χ0n) is 11.2. The van der Waals surface area contributed by atoms with E-state index in [0.717, 1.165) is 11.0 Å². The van der Waals surface area contributed by atoms with Crippen LogP contribution in [-0.2, 0) is 7.05 Å². The quantitative estimate of drug-likeness (QED) is 0.517. The molecule has 0 bridgehead atoms. The SMILES string of the molecule is COc1cccc2c1c(C(=O)[O-])c1ccccc1[n+]2C. The number of aromatic nitrogens is 1. The number of carboxylic acid groups (broad SMARTS) is 1. The van der Waals surface area contributed by atoms with E-state index < -0.39 is 5.97 Å². The Morgan fingerprint density at radius 2 is 1.80 bits per heavy atom. The van der Waals surface area contributed by atoms with E-state index in [1.54, 1.807) is 12.1 Å². The summed E-state index contributed by atoms with van der Waals surface area (Å²) in [5.74, 6) is -0.667. The maximum Gasteiger partial charge on any atom is 0.217 e. The molecule has 0 unspecified atom stereocenters. The number of carboxylic acids is 1. The molecular weight excluding hydrogens is 254 g/mol. The Hall–Kier alpha value is -2.62. The molecule has 4 heteroatoms. The van der Waals surface area contributed by atoms with Crippen LogP contribution in [0.4, 0.5) is 0 Å². The second kappa shape index (κ2) is 4.49. The molecule has 0 fully saturated rings. The van der Waals surface area contributed by atoms with E-state index in [2.05, 4.69) is 0 Å². The number of aryl methyl sites for hydroxylation is 1. The second-order valence-electron chi connectivity index (χ2n) is 4.59. The topological polar surface area (TPSA) is 53.2 Å². The lowest BCUT2D eigenvalue weighted by Gasteiger charge is -2.13. The average Bonchev–Trinajstić information content (AvgIpc) is 2.47. The van der Waals surface area contributed by atoms with Crippen LogP contribution in [0.1, 0.15) is 10.4 Å². The van der Waals surface area contributed by atoms with Gasteiger partial charge in [-0.25, -0.2) is 0 Å². The summed E-state index contributed by atoms with van der Waals surface area (Å²) < 4.78 is 7.28. The first-order valence-electron chi connectivity index (χ1n) is 6.24. The number of fused-ring (bicyclic) bond motifs is 2. The van der Waals surface area contributed by atoms with Gasteiger partial charge >= 0.3 is 0 Å². The van der Waals surface area contributed by atoms with Crippen molar-refractivity contribution < 1.29 is 19.2 Å². The zero-order valence-corrected chi connectivity index (χ0v) is 11.2. The van der Waals surface area contributed by atoms with Gasteiger partial charge in [0.15, 0.2) is 0 Å². The van der Waals surface area contributed by atoms with E-state index in [1.807, 2.05) is 41.9 Å². The predicted molar refractivity (Wildman–Crippen MR) is 73.5 cm³/mol. The third-order valence-corrected chi connectivity index (χ3v) is 3.57. The normalized spacial score (nSPS) is 10.9. The molecule has 1 heterocycles. The molecule has 2 aromatic carbocycles. The Kier molecular flexibility index (Phi) is 2.79. The summed E-state index contributed by atoms with van der Waals surface area (Å²) in [6.07, 6.45) is 0. The van der Waals surface area contributed by atoms with Crippen molar-refractivity contribution in [2.24, 2.45) is 7.05 Å². The van der Waals surface area contributed by atoms with Crippen molar-refractivity contribution in [3.63, 3.8) is 0 Å². The molecule has 3 aromatic rings. The largest absolute Gasteiger partial charge is 0.545 e. The van der Waals surface area contributed by atoms with Crippen molar-refractivity contribution in [2.75, 3.05) is 7.11 Å². The highest BCUT2D eigenvalue weighted by atomic mass is 16.5. The van der Waals surface area contributed by atoms with Crippen molar-refractivity contribution in [1.29, 1.82) is 0 Å². The van der Waals surface area contributed by atoms with Gasteiger partial charge in [-0.2, -0.15) is 4.57 Å². The van der Waals surface area contributed by atoms with Gasteiger partial charge < -0.3 is 14.6 Å². The van der Waals surface area contributed by atoms with Gasteiger partial charge in [-0.3, -0.25) is 0 Å². The minimum atomic E-state index is -1.20. The van der Waals surface area contributed by atoms with Crippen LogP contribution in [0.15, 0.2) is 42.5 Å². The van der Waals surface area contributed by atoms with Gasteiger partial charge in [-0.05, 0) is 12.1 Å². The van der Waals surface area contributed by atoms with E-state index in [-0.39, 0.29) is 5.56 Å². The van der Waals surface area contributed by atoms with Crippen molar-refractivity contribution in [2.45, 2.75) is 0 Å². The third kappa shape index (κ3) is 1.61. The number of para-hydroxylation sites is 1. The maximum atomic E-state index is 11.6. The van der Waals surface area contributed by atoms with Crippen molar-refractivity contribution in [1.82, 2.24) is 0 Å². The number of benzene rings is 2. The third-order valence-electron chi connectivity index (χ3n) is 3.57. The number of carbonyl (C=O) groups excluding carboxylic acids is 1. The second-order valence-corrected chi connectivity index (χ2v) is 4.59. The van der Waals surface area contributed by atoms with Gasteiger partial charge in [-0.15, -0.1) is 0 Å². The molecule has 0 saturated heterocycles. The molecule has 4 nitrogen and oxygen atoms in total. The minimum absolute atomic E-state index is 0.172. The van der Waals surface area contributed by atoms with Crippen LogP contribution in [0.25, 0.3) is 21.8 Å². The highest BCUT2D eigenvalue weighted by Gasteiger charge is 2.20. The summed E-state index contributed by atoms with van der Waals surface area (Å²) in [4.78, 5) is 11.6. The summed E-state index contributed by atoms with van der Waals surface area (Å²) in [6, 6.07) is 12.8. The Morgan fingerprint density at radius 1 is 1.10 bits per heavy atom. The molecule has 3 rings (SSSR count). The van der Waals surface area contributed by atoms with Gasteiger partial charge in [0.05, 0.1) is 23.9 Å². The smallest absolute Gasteiger partial charge is 0.217 e. The summed E-state index contributed by atoms with van der Waals surface area (Å²) in [6.45, 7) is 0. The molecule has 0 spiro atoms. The van der Waals surface area contributed by atoms with Gasteiger partial charge in [0.2, 0.25) is 11.0 Å². The lowest BCUT2D eigenvalue weighted by molar-refractivity contribution is -0.617. The van der Waals surface area contributed by atoms with Crippen LogP contribution in [0.3, 0.4) is 0 Å². The monoisotopic (exact) mass is 267 g/mol. The van der Waals surface area contributed by atoms with E-state index in [0.29, 0.717) is 16.5 Å². The zero-order chi connectivity index (χ0) is 14.3. The highest BCUT2D eigenvalue weighted by molar-refractivity contribution is 6.13. The number of aromatic carboxylic acids is 1. The van der Waals surface area contributed by atoms with Gasteiger partial charge in [0, 0.05) is 17.7 Å². The minimum Gasteiger partial charge on any atom is -0.545 e. The van der Waals surface area contributed by atoms with Crippen LogP contribution in [0.2, 0.25) is 0 Å². The number of hydrogen-bond donors (Lipinski definition) is 0. The molecule has 100 valence electrons. The van der Waals surface area contributed by atoms with E-state index in [1.165, 1.54) is 7.11 Å². The number of hydrogen-bond acceptors (Lipinski definition) is 3. The summed E-state index contributed by atoms with van der Waals surface area (Å²) >= 11 is 0. The Balaban J connectivity index is 2.68. The molecule has 0 amide bonds. The standard InChI is InChI=1S/C16H13NO3/c1-17-11-7-4-3-6-10(11)14(16(18)19)15-12(17)8-5-9-13(15)20-2/h3-9H,1-2H3. The Morgan fingerprint density at radius 3 is 2.50 bits per heavy atom. The number of nitrogens with zero attached hydrogens (tertiary/aromatic N) is 1. The van der Waals surface area contributed by atoms with Crippen LogP contribution in [0, 0.1) is 0 Å². The predicted octanol–water partition coefficient (Wildman–Crippen LogP) is 1.19. The lowest BCUT2D eigenvalue weighted by atomic mass is 10.0. The highest BCUT2D eigenvalue weighted by Crippen LogP contribution is 2.31. The van der Waals surface area contributed by atoms with Crippen molar-refractivity contribution in [3.8, 4) is 5.75 Å². The molecular formula is C16H13NO3. The Labute approximate surface area is 115 Å². The molecule has 0 aliphatic carbocycles. The number of carbonyl (C=O) groups is 1. The van der Waals surface area contributed by atoms with Gasteiger partial charge in [-0.1, -0.05) is 18.2 Å². The van der Waals surface area contributed by atoms with Gasteiger partial charge in [0.1, 0.15) is 12.8 Å². The van der Waals surface area contributed by atoms with E-state index >= 15 is 0 Å². The maximum absolute atomic E-state index is 11.6. The summed E-state index contributed by atoms with van der Waals surface area (Å²) in [5, 5.41) is 12.8. The number of rotatable bonds is 2. The first-order valence-corrected chi connectivity index (χ1v) is 6.24. The van der Waals surface area contributed by atoms with Crippen LogP contribution in [0.5, 0.6) is 5.75 Å². The average molecular weight is 267 g/mol. The molecule has 0 aliphatic rings. The Bertz CT molecular complexity index is 840. The fourth-order valence-electron chi connectivity index (χ4n) is 2.67. The van der Waals surface area contributed by atoms with Crippen LogP contribution in [-0.4, -0.2) is 13.1 Å². The molecule has 0 atom stereocenters. The fourth-order valence-corrected chi connectivity index (χ4v) is 2.67. The first-order chi connectivity index (χ1) is 9.65. The van der Waals surface area contributed by atoms with Crippen molar-refractivity contribution in [3.05, 3.63) is 48.0 Å².